The number of rotatable bonds is 14. The molecule has 5 atom stereocenters. The van der Waals surface area contributed by atoms with Crippen LogP contribution in [0.5, 0.6) is 0 Å². The third kappa shape index (κ3) is 9.90. The number of hydrogen-bond acceptors (Lipinski definition) is 13. The van der Waals surface area contributed by atoms with E-state index >= 15 is 0 Å². The molecule has 0 aromatic heterocycles. The number of esters is 1. The van der Waals surface area contributed by atoms with Gasteiger partial charge in [-0.2, -0.15) is 0 Å². The Hall–Kier alpha value is -4.26. The summed E-state index contributed by atoms with van der Waals surface area (Å²) in [6.07, 6.45) is 5.56. The molecule has 310 valence electrons. The average molecular weight is 876 g/mol. The molecule has 1 unspecified atom stereocenters. The van der Waals surface area contributed by atoms with Crippen molar-refractivity contribution in [1.82, 2.24) is 16.0 Å². The largest absolute Gasteiger partial charge is 2.00 e. The predicted octanol–water partition coefficient (Wildman–Crippen LogP) is 2.19. The molecule has 5 aliphatic rings. The smallest absolute Gasteiger partial charge is 0.875 e. The normalized spacial score (nSPS) is 24.6. The summed E-state index contributed by atoms with van der Waals surface area (Å²) < 4.78 is 5.19. The van der Waals surface area contributed by atoms with Crippen LogP contribution in [-0.4, -0.2) is 91.1 Å². The second kappa shape index (κ2) is 19.9. The van der Waals surface area contributed by atoms with Crippen molar-refractivity contribution in [1.29, 1.82) is 0 Å². The van der Waals surface area contributed by atoms with Crippen LogP contribution in [0.3, 0.4) is 0 Å². The van der Waals surface area contributed by atoms with Gasteiger partial charge in [-0.25, -0.2) is 9.98 Å². The van der Waals surface area contributed by atoms with Crippen LogP contribution in [-0.2, 0) is 34.7 Å². The first-order valence-electron chi connectivity index (χ1n) is 19.5. The summed E-state index contributed by atoms with van der Waals surface area (Å²) in [7, 11) is 1.30. The first-order valence-corrected chi connectivity index (χ1v) is 19.5. The van der Waals surface area contributed by atoms with Gasteiger partial charge in [0, 0.05) is 71.4 Å². The molecular weight excluding hydrogens is 821 g/mol. The third-order valence-corrected chi connectivity index (χ3v) is 11.2. The average Bonchev–Trinajstić information content (AvgIpc) is 3.86. The van der Waals surface area contributed by atoms with Crippen LogP contribution in [0.1, 0.15) is 74.1 Å². The second-order valence-electron chi connectivity index (χ2n) is 14.8. The van der Waals surface area contributed by atoms with E-state index in [2.05, 4.69) is 34.8 Å². The van der Waals surface area contributed by atoms with E-state index < -0.39 is 30.5 Å². The number of aliphatic hydroxyl groups is 2. The van der Waals surface area contributed by atoms with E-state index in [1.165, 1.54) is 14.0 Å². The number of amides is 1. The molecule has 0 aromatic rings. The standard InChI is InChI=1S/C42H57N7O7.Pd/c1-9-27-21(3)30-18-35-38(25(7)51)23(5)32(47-35)16-31-22(4)28(11-12-36(53)45-19-26(52)20-50)40(48-31)29(15-37(54)56-8)41-39(42(55)44-14-13-43-10-2)24(6)33(49-41)17-34(27)46-30;/h16-18,21-22,26-28,43,46,50-52H,9-15,19-20H2,1-8H3,(H,44,55)(H,45,53);/q;+2/p-2/b30-18?,31-16?,34-17?,38-25+,41-29?;/t21-,22+,26?,27-,28+;/m1./s1. The topological polar surface area (TPSA) is 215 Å². The molecule has 57 heavy (non-hydrogen) atoms. The Balaban J connectivity index is 0.00000720. The summed E-state index contributed by atoms with van der Waals surface area (Å²) in [6.45, 7) is 14.3. The van der Waals surface area contributed by atoms with Gasteiger partial charge in [0.2, 0.25) is 5.91 Å². The zero-order valence-electron chi connectivity index (χ0n) is 34.0. The molecule has 1 saturated heterocycles. The molecule has 5 rings (SSSR count). The van der Waals surface area contributed by atoms with Crippen LogP contribution in [0.25, 0.3) is 0 Å². The molecule has 0 spiro atoms. The van der Waals surface area contributed by atoms with Crippen molar-refractivity contribution in [3.8, 4) is 0 Å². The third-order valence-electron chi connectivity index (χ3n) is 11.2. The van der Waals surface area contributed by atoms with Gasteiger partial charge in [-0.3, -0.25) is 19.6 Å². The van der Waals surface area contributed by atoms with Crippen molar-refractivity contribution in [3.05, 3.63) is 80.3 Å². The fraction of sp³-hybridized carbons (Fsp3) is 0.524. The fourth-order valence-electron chi connectivity index (χ4n) is 7.93. The van der Waals surface area contributed by atoms with Crippen LogP contribution in [0, 0.1) is 23.7 Å². The first kappa shape index (κ1) is 45.4. The van der Waals surface area contributed by atoms with Gasteiger partial charge in [-0.05, 0) is 74.1 Å². The Labute approximate surface area is 348 Å². The summed E-state index contributed by atoms with van der Waals surface area (Å²) in [5, 5.41) is 55.8. The monoisotopic (exact) mass is 875 g/mol. The second-order valence-corrected chi connectivity index (χ2v) is 14.8. The number of carbonyl (C=O) groups is 2. The number of nitrogens with zero attached hydrogens (tertiary/aromatic N) is 4. The number of ether oxygens (including phenoxy) is 1. The van der Waals surface area contributed by atoms with E-state index in [9.17, 15) is 30.0 Å². The molecule has 0 radical (unpaired) electrons. The van der Waals surface area contributed by atoms with Gasteiger partial charge in [-0.1, -0.05) is 34.6 Å². The molecule has 0 aromatic carbocycles. The van der Waals surface area contributed by atoms with Gasteiger partial charge in [-0.15, -0.1) is 5.76 Å². The van der Waals surface area contributed by atoms with Gasteiger partial charge in [0.15, 0.2) is 0 Å². The number of nitrogens with one attached hydrogen (secondary N) is 3. The summed E-state index contributed by atoms with van der Waals surface area (Å²) >= 11 is 0. The molecule has 15 heteroatoms. The minimum atomic E-state index is -1.09. The molecule has 1 amide bonds. The summed E-state index contributed by atoms with van der Waals surface area (Å²) in [5.41, 5.74) is 7.42. The van der Waals surface area contributed by atoms with Crippen LogP contribution in [0.4, 0.5) is 0 Å². The number of fused-ring (bicyclic) bond motifs is 5. The van der Waals surface area contributed by atoms with E-state index in [1.807, 2.05) is 45.9 Å². The Morgan fingerprint density at radius 2 is 1.74 bits per heavy atom. The molecular formula is C42H55N7O7Pd. The number of hydrogen-bond donors (Lipinski definition) is 5. The molecule has 14 nitrogen and oxygen atoms in total. The number of likely N-dealkylation sites (N-methyl/N-ethyl adjacent to an activating group) is 1. The van der Waals surface area contributed by atoms with Crippen LogP contribution in [0.15, 0.2) is 100 Å². The Kier molecular flexibility index (Phi) is 15.9. The quantitative estimate of drug-likeness (QED) is 0.0432. The number of methoxy groups -OCH3 is 1. The molecule has 5 aliphatic heterocycles. The number of aliphatic hydroxyl groups excluding tert-OH is 2. The van der Waals surface area contributed by atoms with Crippen molar-refractivity contribution in [2.75, 3.05) is 39.9 Å². The van der Waals surface area contributed by atoms with Crippen LogP contribution >= 0.6 is 0 Å². The molecule has 5 heterocycles. The number of aliphatic imine (C=N–C) groups is 4. The number of carbonyl (C=O) groups excluding carboxylic acids is 2. The molecule has 5 N–H and O–H groups in total. The maximum atomic E-state index is 14.1. The SMILES string of the molecule is CCNCCN=C([O-])C1=C(C)C2=NC1=C(CC(=O)OC)C1=NC(=CC3=C(C)/C(=C(/C)[O-])C(=N3)C=C3NC(=C2)[C@H](CC)[C@H]3C)[C@@H](C)[C@@H]1CCC(=O)NCC(O)CO.[Pd+2]. The summed E-state index contributed by atoms with van der Waals surface area (Å²) in [6, 6.07) is 0. The predicted molar refractivity (Wildman–Crippen MR) is 213 cm³/mol. The van der Waals surface area contributed by atoms with E-state index in [-0.39, 0.29) is 87.0 Å². The van der Waals surface area contributed by atoms with Crippen molar-refractivity contribution in [2.24, 2.45) is 43.6 Å². The van der Waals surface area contributed by atoms with Gasteiger partial charge >= 0.3 is 26.4 Å². The first-order chi connectivity index (χ1) is 26.7. The van der Waals surface area contributed by atoms with Gasteiger partial charge < -0.3 is 41.1 Å². The van der Waals surface area contributed by atoms with Crippen molar-refractivity contribution in [3.63, 3.8) is 0 Å². The maximum Gasteiger partial charge on any atom is 2.00 e. The van der Waals surface area contributed by atoms with E-state index in [0.717, 1.165) is 24.4 Å². The van der Waals surface area contributed by atoms with Gasteiger partial charge in [0.1, 0.15) is 0 Å². The van der Waals surface area contributed by atoms with Gasteiger partial charge in [0.25, 0.3) is 0 Å². The zero-order chi connectivity index (χ0) is 40.8. The van der Waals surface area contributed by atoms with Crippen molar-refractivity contribution >= 4 is 34.9 Å². The molecule has 0 saturated carbocycles. The van der Waals surface area contributed by atoms with E-state index in [0.29, 0.717) is 63.8 Å². The van der Waals surface area contributed by atoms with Crippen LogP contribution in [0.2, 0.25) is 0 Å². The fourth-order valence-corrected chi connectivity index (χ4v) is 7.93. The molecule has 1 fully saturated rings. The Bertz CT molecular complexity index is 1980. The van der Waals surface area contributed by atoms with Crippen LogP contribution < -0.4 is 26.2 Å². The zero-order valence-corrected chi connectivity index (χ0v) is 35.6. The van der Waals surface area contributed by atoms with E-state index in [1.54, 1.807) is 0 Å². The summed E-state index contributed by atoms with van der Waals surface area (Å²) in [4.78, 5) is 46.0. The van der Waals surface area contributed by atoms with Crippen molar-refractivity contribution in [2.45, 2.75) is 80.3 Å². The molecule has 0 aliphatic carbocycles. The van der Waals surface area contributed by atoms with Crippen molar-refractivity contribution < 1.29 is 55.2 Å². The Morgan fingerprint density at radius 3 is 2.39 bits per heavy atom. The molecule has 8 bridgehead atoms. The summed E-state index contributed by atoms with van der Waals surface area (Å²) in [5.74, 6) is -2.05. The minimum Gasteiger partial charge on any atom is -0.875 e. The van der Waals surface area contributed by atoms with Gasteiger partial charge in [0.05, 0.1) is 61.3 Å². The van der Waals surface area contributed by atoms with E-state index in [4.69, 9.17) is 19.7 Å². The Morgan fingerprint density at radius 1 is 1.02 bits per heavy atom. The minimum absolute atomic E-state index is 0. The number of allylic oxidation sites excluding steroid dienone is 10. The maximum absolute atomic E-state index is 14.1.